The zero-order valence-corrected chi connectivity index (χ0v) is 14.0. The number of methoxy groups -OCH3 is 1. The lowest BCUT2D eigenvalue weighted by Crippen LogP contribution is -2.25. The lowest BCUT2D eigenvalue weighted by molar-refractivity contribution is 0.109. The van der Waals surface area contributed by atoms with Crippen LogP contribution in [0, 0.1) is 0 Å². The molecule has 3 aromatic heterocycles. The molecule has 0 amide bonds. The van der Waals surface area contributed by atoms with Crippen LogP contribution < -0.4 is 4.74 Å². The first kappa shape index (κ1) is 14.5. The Kier molecular flexibility index (Phi) is 3.49. The Morgan fingerprint density at radius 3 is 2.26 bits per heavy atom. The summed E-state index contributed by atoms with van der Waals surface area (Å²) in [6.45, 7) is 0. The van der Waals surface area contributed by atoms with Gasteiger partial charge in [-0.25, -0.2) is 0 Å². The van der Waals surface area contributed by atoms with Crippen molar-refractivity contribution < 1.29 is 14.3 Å². The maximum Gasteiger partial charge on any atom is 0.191 e. The maximum atomic E-state index is 11.5. The second-order valence-corrected chi connectivity index (χ2v) is 7.07. The van der Waals surface area contributed by atoms with E-state index < -0.39 is 5.60 Å². The molecule has 3 nitrogen and oxygen atoms in total. The van der Waals surface area contributed by atoms with Crippen molar-refractivity contribution in [3.05, 3.63) is 74.8 Å². The standard InChI is InChI=1S/C18H14O3S2/c1-20-13-7-6-12-10-15(21-14(12)11-13)18(19,16-4-2-8-22-16)17-5-3-9-23-17/h2-11,19H,1H3. The van der Waals surface area contributed by atoms with Crippen molar-refractivity contribution >= 4 is 33.6 Å². The van der Waals surface area contributed by atoms with Crippen molar-refractivity contribution in [1.29, 1.82) is 0 Å². The minimum atomic E-state index is -1.27. The molecule has 0 aliphatic heterocycles. The summed E-state index contributed by atoms with van der Waals surface area (Å²) < 4.78 is 11.2. The molecule has 4 aromatic rings. The number of furan rings is 1. The second kappa shape index (κ2) is 5.53. The van der Waals surface area contributed by atoms with Gasteiger partial charge in [0.25, 0.3) is 0 Å². The Morgan fingerprint density at radius 1 is 1.00 bits per heavy atom. The van der Waals surface area contributed by atoms with E-state index in [1.165, 1.54) is 22.7 Å². The average Bonchev–Trinajstić information content (AvgIpc) is 3.34. The molecule has 1 aromatic carbocycles. The fraction of sp³-hybridized carbons (Fsp3) is 0.111. The maximum absolute atomic E-state index is 11.5. The summed E-state index contributed by atoms with van der Waals surface area (Å²) in [4.78, 5) is 1.68. The molecule has 0 spiro atoms. The van der Waals surface area contributed by atoms with Gasteiger partial charge in [-0.3, -0.25) is 0 Å². The summed E-state index contributed by atoms with van der Waals surface area (Å²) in [5.41, 5.74) is -0.569. The molecule has 0 aliphatic carbocycles. The van der Waals surface area contributed by atoms with Crippen LogP contribution in [0.15, 0.2) is 63.7 Å². The van der Waals surface area contributed by atoms with E-state index >= 15 is 0 Å². The van der Waals surface area contributed by atoms with Gasteiger partial charge < -0.3 is 14.3 Å². The molecule has 0 radical (unpaired) electrons. The number of ether oxygens (including phenoxy) is 1. The van der Waals surface area contributed by atoms with E-state index in [0.29, 0.717) is 11.3 Å². The van der Waals surface area contributed by atoms with Gasteiger partial charge in [-0.1, -0.05) is 12.1 Å². The zero-order chi connectivity index (χ0) is 15.9. The van der Waals surface area contributed by atoms with Gasteiger partial charge in [-0.2, -0.15) is 0 Å². The number of aliphatic hydroxyl groups is 1. The first-order valence-electron chi connectivity index (χ1n) is 7.10. The van der Waals surface area contributed by atoms with Gasteiger partial charge in [-0.05, 0) is 41.1 Å². The Hall–Kier alpha value is -2.08. The van der Waals surface area contributed by atoms with Gasteiger partial charge in [0.05, 0.1) is 7.11 Å². The summed E-state index contributed by atoms with van der Waals surface area (Å²) in [7, 11) is 1.62. The van der Waals surface area contributed by atoms with Crippen LogP contribution in [0.1, 0.15) is 15.5 Å². The highest BCUT2D eigenvalue weighted by atomic mass is 32.1. The fourth-order valence-corrected chi connectivity index (χ4v) is 4.40. The van der Waals surface area contributed by atoms with Crippen molar-refractivity contribution in [2.75, 3.05) is 7.11 Å². The molecule has 23 heavy (non-hydrogen) atoms. The van der Waals surface area contributed by atoms with Crippen LogP contribution in [0.25, 0.3) is 11.0 Å². The Bertz CT molecular complexity index is 886. The lowest BCUT2D eigenvalue weighted by Gasteiger charge is -2.23. The summed E-state index contributed by atoms with van der Waals surface area (Å²) in [5.74, 6) is 1.25. The van der Waals surface area contributed by atoms with E-state index in [1.54, 1.807) is 7.11 Å². The van der Waals surface area contributed by atoms with Crippen LogP contribution in [0.3, 0.4) is 0 Å². The second-order valence-electron chi connectivity index (χ2n) is 5.18. The third kappa shape index (κ3) is 2.28. The third-order valence-electron chi connectivity index (χ3n) is 3.84. The van der Waals surface area contributed by atoms with Crippen molar-refractivity contribution in [3.63, 3.8) is 0 Å². The molecule has 0 bridgehead atoms. The van der Waals surface area contributed by atoms with Crippen LogP contribution in [0.5, 0.6) is 5.75 Å². The molecule has 0 unspecified atom stereocenters. The van der Waals surface area contributed by atoms with E-state index in [-0.39, 0.29) is 0 Å². The molecule has 0 atom stereocenters. The molecule has 4 rings (SSSR count). The summed E-state index contributed by atoms with van der Waals surface area (Å²) >= 11 is 3.02. The summed E-state index contributed by atoms with van der Waals surface area (Å²) in [6.07, 6.45) is 0. The van der Waals surface area contributed by atoms with E-state index in [1.807, 2.05) is 59.3 Å². The SMILES string of the molecule is COc1ccc2cc(C(O)(c3cccs3)c3cccs3)oc2c1. The molecular formula is C18H14O3S2. The van der Waals surface area contributed by atoms with E-state index in [0.717, 1.165) is 20.9 Å². The number of hydrogen-bond donors (Lipinski definition) is 1. The predicted octanol–water partition coefficient (Wildman–Crippen LogP) is 4.85. The smallest absolute Gasteiger partial charge is 0.191 e. The van der Waals surface area contributed by atoms with Gasteiger partial charge in [0, 0.05) is 21.2 Å². The van der Waals surface area contributed by atoms with E-state index in [9.17, 15) is 5.11 Å². The molecule has 0 fully saturated rings. The Balaban J connectivity index is 1.94. The summed E-state index contributed by atoms with van der Waals surface area (Å²) in [6, 6.07) is 15.3. The van der Waals surface area contributed by atoms with Crippen molar-refractivity contribution in [2.45, 2.75) is 5.60 Å². The van der Waals surface area contributed by atoms with Crippen molar-refractivity contribution in [3.8, 4) is 5.75 Å². The van der Waals surface area contributed by atoms with Gasteiger partial charge in [0.2, 0.25) is 0 Å². The zero-order valence-electron chi connectivity index (χ0n) is 12.4. The number of benzene rings is 1. The molecule has 1 N–H and O–H groups in total. The normalized spacial score (nSPS) is 11.9. The Labute approximate surface area is 141 Å². The van der Waals surface area contributed by atoms with Crippen LogP contribution in [0.2, 0.25) is 0 Å². The minimum absolute atomic E-state index is 0.519. The topological polar surface area (TPSA) is 42.6 Å². The number of thiophene rings is 2. The predicted molar refractivity (Wildman–Crippen MR) is 93.5 cm³/mol. The molecule has 0 aliphatic rings. The number of rotatable bonds is 4. The monoisotopic (exact) mass is 342 g/mol. The number of fused-ring (bicyclic) bond motifs is 1. The van der Waals surface area contributed by atoms with Crippen LogP contribution >= 0.6 is 22.7 Å². The molecule has 0 saturated carbocycles. The lowest BCUT2D eigenvalue weighted by atomic mass is 9.96. The highest BCUT2D eigenvalue weighted by Gasteiger charge is 2.39. The van der Waals surface area contributed by atoms with Gasteiger partial charge in [0.1, 0.15) is 17.1 Å². The highest BCUT2D eigenvalue weighted by Crippen LogP contribution is 2.43. The summed E-state index contributed by atoms with van der Waals surface area (Å²) in [5, 5.41) is 16.4. The van der Waals surface area contributed by atoms with E-state index in [2.05, 4.69) is 0 Å². The van der Waals surface area contributed by atoms with Crippen LogP contribution in [-0.2, 0) is 5.60 Å². The first-order chi connectivity index (χ1) is 11.2. The van der Waals surface area contributed by atoms with Gasteiger partial charge in [0.15, 0.2) is 5.60 Å². The van der Waals surface area contributed by atoms with Gasteiger partial charge >= 0.3 is 0 Å². The van der Waals surface area contributed by atoms with Gasteiger partial charge in [-0.15, -0.1) is 22.7 Å². The molecular weight excluding hydrogens is 328 g/mol. The molecule has 5 heteroatoms. The highest BCUT2D eigenvalue weighted by molar-refractivity contribution is 7.11. The molecule has 0 saturated heterocycles. The average molecular weight is 342 g/mol. The third-order valence-corrected chi connectivity index (χ3v) is 5.80. The van der Waals surface area contributed by atoms with Crippen molar-refractivity contribution in [1.82, 2.24) is 0 Å². The first-order valence-corrected chi connectivity index (χ1v) is 8.86. The van der Waals surface area contributed by atoms with Crippen molar-refractivity contribution in [2.24, 2.45) is 0 Å². The van der Waals surface area contributed by atoms with Crippen LogP contribution in [-0.4, -0.2) is 12.2 Å². The van der Waals surface area contributed by atoms with Crippen LogP contribution in [0.4, 0.5) is 0 Å². The number of hydrogen-bond acceptors (Lipinski definition) is 5. The quantitative estimate of drug-likeness (QED) is 0.576. The molecule has 3 heterocycles. The minimum Gasteiger partial charge on any atom is -0.497 e. The Morgan fingerprint density at radius 2 is 1.70 bits per heavy atom. The fourth-order valence-electron chi connectivity index (χ4n) is 2.65. The molecule has 116 valence electrons. The van der Waals surface area contributed by atoms with E-state index in [4.69, 9.17) is 9.15 Å². The largest absolute Gasteiger partial charge is 0.497 e.